The van der Waals surface area contributed by atoms with Crippen LogP contribution in [0.15, 0.2) is 18.2 Å². The number of nitrogens with zero attached hydrogens (tertiary/aromatic N) is 1. The molecule has 0 N–H and O–H groups in total. The fourth-order valence-electron chi connectivity index (χ4n) is 2.28. The van der Waals surface area contributed by atoms with Gasteiger partial charge in [-0.3, -0.25) is 4.79 Å². The standard InChI is InChI=1S/C19H25NO8/c1-11(16(21)13-7-8-14-15(9-13)25-10-24-14)20(6)17(22)26-12(2)27-18(23)28-19(3,4)5/h7-9,11-12H,10H2,1-6H3. The van der Waals surface area contributed by atoms with Crippen LogP contribution in [0.3, 0.4) is 0 Å². The zero-order chi connectivity index (χ0) is 21.1. The van der Waals surface area contributed by atoms with Crippen molar-refractivity contribution in [1.82, 2.24) is 4.90 Å². The highest BCUT2D eigenvalue weighted by molar-refractivity contribution is 6.01. The summed E-state index contributed by atoms with van der Waals surface area (Å²) in [5, 5.41) is 0. The normalized spacial score (nSPS) is 14.6. The van der Waals surface area contributed by atoms with Crippen molar-refractivity contribution in [3.05, 3.63) is 23.8 Å². The molecule has 154 valence electrons. The van der Waals surface area contributed by atoms with E-state index in [0.717, 1.165) is 4.90 Å². The van der Waals surface area contributed by atoms with Gasteiger partial charge < -0.3 is 28.6 Å². The molecule has 1 aliphatic heterocycles. The molecule has 1 aromatic rings. The van der Waals surface area contributed by atoms with Crippen molar-refractivity contribution in [3.63, 3.8) is 0 Å². The first-order chi connectivity index (χ1) is 13.0. The van der Waals surface area contributed by atoms with E-state index in [1.54, 1.807) is 45.9 Å². The molecular formula is C19H25NO8. The minimum absolute atomic E-state index is 0.101. The third-order valence-corrected chi connectivity index (χ3v) is 3.82. The average Bonchev–Trinajstić information content (AvgIpc) is 3.05. The Bertz CT molecular complexity index is 755. The number of hydrogen-bond donors (Lipinski definition) is 0. The fraction of sp³-hybridized carbons (Fsp3) is 0.526. The summed E-state index contributed by atoms with van der Waals surface area (Å²) in [5.74, 6) is 0.728. The average molecular weight is 395 g/mol. The van der Waals surface area contributed by atoms with Crippen molar-refractivity contribution in [2.75, 3.05) is 13.8 Å². The topological polar surface area (TPSA) is 101 Å². The summed E-state index contributed by atoms with van der Waals surface area (Å²) < 4.78 is 25.4. The van der Waals surface area contributed by atoms with Gasteiger partial charge in [-0.15, -0.1) is 0 Å². The second-order valence-corrected chi connectivity index (χ2v) is 7.25. The molecule has 1 aliphatic rings. The highest BCUT2D eigenvalue weighted by Crippen LogP contribution is 2.33. The number of fused-ring (bicyclic) bond motifs is 1. The molecule has 0 aromatic heterocycles. The summed E-state index contributed by atoms with van der Waals surface area (Å²) in [6.07, 6.45) is -2.96. The summed E-state index contributed by atoms with van der Waals surface area (Å²) in [4.78, 5) is 37.6. The maximum absolute atomic E-state index is 12.7. The lowest BCUT2D eigenvalue weighted by molar-refractivity contribution is -0.0985. The number of carbonyl (C=O) groups excluding carboxylic acids is 3. The largest absolute Gasteiger partial charge is 0.511 e. The molecule has 2 unspecified atom stereocenters. The monoisotopic (exact) mass is 395 g/mol. The first-order valence-electron chi connectivity index (χ1n) is 8.75. The first-order valence-corrected chi connectivity index (χ1v) is 8.75. The number of Topliss-reactive ketones (excluding diaryl/α,β-unsaturated/α-hetero) is 1. The van der Waals surface area contributed by atoms with E-state index in [0.29, 0.717) is 17.1 Å². The van der Waals surface area contributed by atoms with Crippen molar-refractivity contribution in [2.45, 2.75) is 52.6 Å². The van der Waals surface area contributed by atoms with E-state index in [9.17, 15) is 14.4 Å². The SMILES string of the molecule is CC(OC(=O)OC(C)(C)C)OC(=O)N(C)C(C)C(=O)c1ccc2c(c1)OCO2. The van der Waals surface area contributed by atoms with Gasteiger partial charge in [0.15, 0.2) is 17.3 Å². The van der Waals surface area contributed by atoms with Crippen LogP contribution in [0.1, 0.15) is 45.0 Å². The fourth-order valence-corrected chi connectivity index (χ4v) is 2.28. The molecule has 9 nitrogen and oxygen atoms in total. The van der Waals surface area contributed by atoms with Crippen molar-refractivity contribution in [3.8, 4) is 11.5 Å². The van der Waals surface area contributed by atoms with Gasteiger partial charge in [0.05, 0.1) is 6.04 Å². The predicted molar refractivity (Wildman–Crippen MR) is 97.4 cm³/mol. The highest BCUT2D eigenvalue weighted by atomic mass is 16.8. The Morgan fingerprint density at radius 3 is 2.36 bits per heavy atom. The second kappa shape index (κ2) is 8.37. The van der Waals surface area contributed by atoms with E-state index < -0.39 is 30.2 Å². The van der Waals surface area contributed by atoms with Gasteiger partial charge in [-0.1, -0.05) is 0 Å². The summed E-state index contributed by atoms with van der Waals surface area (Å²) in [7, 11) is 1.41. The number of amides is 1. The van der Waals surface area contributed by atoms with Crippen molar-refractivity contribution in [2.24, 2.45) is 0 Å². The van der Waals surface area contributed by atoms with Crippen LogP contribution in [0, 0.1) is 0 Å². The zero-order valence-electron chi connectivity index (χ0n) is 16.8. The Morgan fingerprint density at radius 1 is 1.07 bits per heavy atom. The molecular weight excluding hydrogens is 370 g/mol. The molecule has 0 saturated heterocycles. The van der Waals surface area contributed by atoms with Gasteiger partial charge in [0.1, 0.15) is 5.60 Å². The van der Waals surface area contributed by atoms with Crippen molar-refractivity contribution >= 4 is 18.0 Å². The highest BCUT2D eigenvalue weighted by Gasteiger charge is 2.28. The number of carbonyl (C=O) groups is 3. The molecule has 0 aliphatic carbocycles. The Balaban J connectivity index is 1.92. The lowest BCUT2D eigenvalue weighted by Gasteiger charge is -2.25. The Kier molecular flexibility index (Phi) is 6.37. The number of likely N-dealkylation sites (N-methyl/N-ethyl adjacent to an activating group) is 1. The minimum atomic E-state index is -1.18. The summed E-state index contributed by atoms with van der Waals surface area (Å²) in [6.45, 7) is 8.09. The molecule has 2 atom stereocenters. The van der Waals surface area contributed by atoms with Crippen LogP contribution in [0.25, 0.3) is 0 Å². The van der Waals surface area contributed by atoms with Gasteiger partial charge in [-0.2, -0.15) is 0 Å². The summed E-state index contributed by atoms with van der Waals surface area (Å²) >= 11 is 0. The Hall–Kier alpha value is -2.97. The van der Waals surface area contributed by atoms with Gasteiger partial charge >= 0.3 is 12.2 Å². The molecule has 1 aromatic carbocycles. The van der Waals surface area contributed by atoms with E-state index in [4.69, 9.17) is 23.7 Å². The van der Waals surface area contributed by atoms with Gasteiger partial charge in [0, 0.05) is 19.5 Å². The molecule has 28 heavy (non-hydrogen) atoms. The van der Waals surface area contributed by atoms with Crippen LogP contribution in [0.2, 0.25) is 0 Å². The minimum Gasteiger partial charge on any atom is -0.454 e. The molecule has 0 radical (unpaired) electrons. The molecule has 0 fully saturated rings. The molecule has 2 rings (SSSR count). The number of benzene rings is 1. The molecule has 0 bridgehead atoms. The smallest absolute Gasteiger partial charge is 0.454 e. The third kappa shape index (κ3) is 5.51. The maximum atomic E-state index is 12.7. The van der Waals surface area contributed by atoms with Gasteiger partial charge in [0.2, 0.25) is 13.1 Å². The van der Waals surface area contributed by atoms with E-state index in [1.165, 1.54) is 14.0 Å². The predicted octanol–water partition coefficient (Wildman–Crippen LogP) is 3.35. The van der Waals surface area contributed by atoms with Gasteiger partial charge in [-0.25, -0.2) is 9.59 Å². The van der Waals surface area contributed by atoms with E-state index in [-0.39, 0.29) is 12.6 Å². The quantitative estimate of drug-likeness (QED) is 0.425. The van der Waals surface area contributed by atoms with Crippen molar-refractivity contribution < 1.29 is 38.1 Å². The molecule has 9 heteroatoms. The lowest BCUT2D eigenvalue weighted by atomic mass is 10.0. The van der Waals surface area contributed by atoms with E-state index >= 15 is 0 Å². The zero-order valence-corrected chi connectivity index (χ0v) is 16.8. The molecule has 1 heterocycles. The van der Waals surface area contributed by atoms with Crippen LogP contribution in [0.5, 0.6) is 11.5 Å². The van der Waals surface area contributed by atoms with E-state index in [1.807, 2.05) is 0 Å². The number of ketones is 1. The van der Waals surface area contributed by atoms with Crippen molar-refractivity contribution in [1.29, 1.82) is 0 Å². The van der Waals surface area contributed by atoms with Crippen LogP contribution in [0.4, 0.5) is 9.59 Å². The van der Waals surface area contributed by atoms with Gasteiger partial charge in [-0.05, 0) is 45.9 Å². The molecule has 0 spiro atoms. The molecule has 1 amide bonds. The van der Waals surface area contributed by atoms with Crippen LogP contribution in [-0.2, 0) is 14.2 Å². The second-order valence-electron chi connectivity index (χ2n) is 7.25. The van der Waals surface area contributed by atoms with Crippen LogP contribution >= 0.6 is 0 Å². The van der Waals surface area contributed by atoms with Crippen LogP contribution < -0.4 is 9.47 Å². The van der Waals surface area contributed by atoms with Crippen LogP contribution in [-0.4, -0.2) is 54.7 Å². The lowest BCUT2D eigenvalue weighted by Crippen LogP contribution is -2.42. The first kappa shape index (κ1) is 21.3. The Morgan fingerprint density at radius 2 is 1.71 bits per heavy atom. The number of ether oxygens (including phenoxy) is 5. The van der Waals surface area contributed by atoms with E-state index in [2.05, 4.69) is 0 Å². The number of hydrogen-bond acceptors (Lipinski definition) is 8. The Labute approximate surface area is 163 Å². The molecule has 0 saturated carbocycles. The summed E-state index contributed by atoms with van der Waals surface area (Å²) in [5.41, 5.74) is -0.363. The third-order valence-electron chi connectivity index (χ3n) is 3.82. The summed E-state index contributed by atoms with van der Waals surface area (Å²) in [6, 6.07) is 3.98. The maximum Gasteiger partial charge on any atom is 0.511 e. The number of rotatable bonds is 5. The van der Waals surface area contributed by atoms with Gasteiger partial charge in [0.25, 0.3) is 0 Å².